The van der Waals surface area contributed by atoms with Crippen LogP contribution in [0, 0.1) is 18.3 Å². The number of hydrogen-bond donors (Lipinski definition) is 1. The van der Waals surface area contributed by atoms with E-state index in [4.69, 9.17) is 5.26 Å². The van der Waals surface area contributed by atoms with E-state index >= 15 is 0 Å². The molecule has 1 amide bonds. The maximum absolute atomic E-state index is 13.1. The van der Waals surface area contributed by atoms with Gasteiger partial charge >= 0.3 is 0 Å². The third kappa shape index (κ3) is 6.20. The van der Waals surface area contributed by atoms with Gasteiger partial charge in [0.25, 0.3) is 0 Å². The van der Waals surface area contributed by atoms with E-state index in [0.29, 0.717) is 24.3 Å². The summed E-state index contributed by atoms with van der Waals surface area (Å²) >= 11 is 0. The topological polar surface area (TPSA) is 96.8 Å². The Bertz CT molecular complexity index is 1180. The molecule has 2 fully saturated rings. The van der Waals surface area contributed by atoms with Crippen molar-refractivity contribution in [3.8, 4) is 6.07 Å². The molecule has 0 saturated carbocycles. The molecule has 0 bridgehead atoms. The average molecular weight is 496 g/mol. The number of aryl methyl sites for hydroxylation is 1. The summed E-state index contributed by atoms with van der Waals surface area (Å²) in [6.07, 6.45) is 3.75. The molecule has 2 saturated heterocycles. The Labute approximate surface area is 208 Å². The van der Waals surface area contributed by atoms with Gasteiger partial charge in [0, 0.05) is 50.6 Å². The predicted molar refractivity (Wildman–Crippen MR) is 137 cm³/mol. The van der Waals surface area contributed by atoms with E-state index < -0.39 is 10.0 Å². The van der Waals surface area contributed by atoms with Gasteiger partial charge in [0.15, 0.2) is 0 Å². The van der Waals surface area contributed by atoms with Crippen molar-refractivity contribution in [3.05, 3.63) is 53.6 Å². The zero-order valence-electron chi connectivity index (χ0n) is 20.2. The van der Waals surface area contributed by atoms with Crippen LogP contribution in [0.2, 0.25) is 0 Å². The lowest BCUT2D eigenvalue weighted by molar-refractivity contribution is -0.117. The van der Waals surface area contributed by atoms with Gasteiger partial charge in [0.05, 0.1) is 23.1 Å². The smallest absolute Gasteiger partial charge is 0.243 e. The molecular formula is C26H33N5O3S. The minimum atomic E-state index is -3.56. The Hall–Kier alpha value is -2.93. The molecule has 0 atom stereocenters. The summed E-state index contributed by atoms with van der Waals surface area (Å²) in [6.45, 7) is 6.45. The van der Waals surface area contributed by atoms with Crippen LogP contribution in [0.1, 0.15) is 36.8 Å². The number of nitrogens with one attached hydrogen (secondary N) is 1. The number of amides is 1. The maximum Gasteiger partial charge on any atom is 0.243 e. The summed E-state index contributed by atoms with van der Waals surface area (Å²) in [5.41, 5.74) is 3.10. The number of rotatable bonds is 6. The third-order valence-electron chi connectivity index (χ3n) is 6.75. The van der Waals surface area contributed by atoms with Crippen LogP contribution in [0.25, 0.3) is 0 Å². The zero-order chi connectivity index (χ0) is 24.8. The molecule has 1 N–H and O–H groups in total. The van der Waals surface area contributed by atoms with Gasteiger partial charge in [-0.2, -0.15) is 9.57 Å². The minimum absolute atomic E-state index is 0.146. The number of hydrogen-bond acceptors (Lipinski definition) is 6. The highest BCUT2D eigenvalue weighted by Crippen LogP contribution is 2.25. The summed E-state index contributed by atoms with van der Waals surface area (Å²) < 4.78 is 27.7. The highest BCUT2D eigenvalue weighted by atomic mass is 32.2. The van der Waals surface area contributed by atoms with Gasteiger partial charge in [-0.3, -0.25) is 9.69 Å². The summed E-state index contributed by atoms with van der Waals surface area (Å²) in [5.74, 6) is -0.146. The number of nitriles is 1. The van der Waals surface area contributed by atoms with Crippen molar-refractivity contribution in [2.75, 3.05) is 56.0 Å². The normalized spacial score (nSPS) is 18.0. The van der Waals surface area contributed by atoms with Gasteiger partial charge in [0.2, 0.25) is 15.9 Å². The Balaban J connectivity index is 1.36. The molecule has 35 heavy (non-hydrogen) atoms. The predicted octanol–water partition coefficient (Wildman–Crippen LogP) is 3.19. The van der Waals surface area contributed by atoms with Crippen LogP contribution < -0.4 is 10.2 Å². The van der Waals surface area contributed by atoms with Crippen LogP contribution in [0.3, 0.4) is 0 Å². The van der Waals surface area contributed by atoms with Crippen molar-refractivity contribution < 1.29 is 13.2 Å². The Kier molecular flexibility index (Phi) is 8.06. The van der Waals surface area contributed by atoms with E-state index in [1.165, 1.54) is 0 Å². The molecule has 0 aromatic heterocycles. The fourth-order valence-corrected chi connectivity index (χ4v) is 6.22. The third-order valence-corrected chi connectivity index (χ3v) is 8.65. The fourth-order valence-electron chi connectivity index (χ4n) is 4.68. The number of nitrogens with zero attached hydrogens (tertiary/aromatic N) is 4. The lowest BCUT2D eigenvalue weighted by atomic mass is 10.2. The van der Waals surface area contributed by atoms with Crippen LogP contribution in [-0.2, 0) is 14.8 Å². The van der Waals surface area contributed by atoms with E-state index in [1.54, 1.807) is 22.5 Å². The molecule has 2 aliphatic rings. The van der Waals surface area contributed by atoms with E-state index in [9.17, 15) is 13.2 Å². The first-order chi connectivity index (χ1) is 16.9. The number of carbonyl (C=O) groups excluding carboxylic acids is 1. The van der Waals surface area contributed by atoms with Gasteiger partial charge in [-0.15, -0.1) is 0 Å². The number of benzene rings is 2. The fraction of sp³-hybridized carbons (Fsp3) is 0.462. The summed E-state index contributed by atoms with van der Waals surface area (Å²) in [5, 5.41) is 11.9. The van der Waals surface area contributed by atoms with Crippen LogP contribution in [0.15, 0.2) is 47.4 Å². The van der Waals surface area contributed by atoms with Gasteiger partial charge in [-0.25, -0.2) is 8.42 Å². The number of sulfonamides is 1. The molecule has 0 spiro atoms. The van der Waals surface area contributed by atoms with Crippen molar-refractivity contribution in [3.63, 3.8) is 0 Å². The van der Waals surface area contributed by atoms with Crippen LogP contribution in [0.5, 0.6) is 0 Å². The van der Waals surface area contributed by atoms with Gasteiger partial charge in [-0.1, -0.05) is 12.5 Å². The van der Waals surface area contributed by atoms with E-state index in [-0.39, 0.29) is 17.3 Å². The van der Waals surface area contributed by atoms with Crippen LogP contribution >= 0.6 is 0 Å². The Morgan fingerprint density at radius 3 is 2.40 bits per heavy atom. The quantitative estimate of drug-likeness (QED) is 0.661. The number of piperidine rings is 1. The Morgan fingerprint density at radius 1 is 0.943 bits per heavy atom. The first-order valence-electron chi connectivity index (χ1n) is 12.2. The lowest BCUT2D eigenvalue weighted by Crippen LogP contribution is -2.37. The van der Waals surface area contributed by atoms with E-state index in [0.717, 1.165) is 63.1 Å². The van der Waals surface area contributed by atoms with Gasteiger partial charge in [0.1, 0.15) is 0 Å². The molecule has 0 unspecified atom stereocenters. The highest BCUT2D eigenvalue weighted by Gasteiger charge is 2.26. The van der Waals surface area contributed by atoms with Crippen molar-refractivity contribution >= 4 is 27.3 Å². The highest BCUT2D eigenvalue weighted by molar-refractivity contribution is 7.89. The van der Waals surface area contributed by atoms with Crippen molar-refractivity contribution in [2.24, 2.45) is 0 Å². The minimum Gasteiger partial charge on any atom is -0.370 e. The second-order valence-electron chi connectivity index (χ2n) is 9.27. The first kappa shape index (κ1) is 25.2. The number of carbonyl (C=O) groups is 1. The van der Waals surface area contributed by atoms with E-state index in [1.807, 2.05) is 31.2 Å². The van der Waals surface area contributed by atoms with E-state index in [2.05, 4.69) is 21.2 Å². The molecule has 2 heterocycles. The largest absolute Gasteiger partial charge is 0.370 e. The standard InChI is InChI=1S/C26H33N5O3S/c1-21-6-11-24(35(33,34)31-14-3-2-4-15-31)18-25(21)28-26(32)20-29-12-5-13-30(17-16-29)23-9-7-22(19-27)8-10-23/h6-11,18H,2-5,12-17,20H2,1H3,(H,28,32). The second kappa shape index (κ2) is 11.2. The monoisotopic (exact) mass is 495 g/mol. The van der Waals surface area contributed by atoms with Crippen LogP contribution in [0.4, 0.5) is 11.4 Å². The summed E-state index contributed by atoms with van der Waals surface area (Å²) in [6, 6.07) is 14.7. The molecular weight excluding hydrogens is 462 g/mol. The second-order valence-corrected chi connectivity index (χ2v) is 11.2. The average Bonchev–Trinajstić information content (AvgIpc) is 3.11. The van der Waals surface area contributed by atoms with Crippen molar-refractivity contribution in [1.82, 2.24) is 9.21 Å². The molecule has 8 nitrogen and oxygen atoms in total. The number of anilines is 2. The summed E-state index contributed by atoms with van der Waals surface area (Å²) in [7, 11) is -3.56. The van der Waals surface area contributed by atoms with Gasteiger partial charge < -0.3 is 10.2 Å². The zero-order valence-corrected chi connectivity index (χ0v) is 21.1. The molecule has 2 aromatic carbocycles. The Morgan fingerprint density at radius 2 is 1.69 bits per heavy atom. The maximum atomic E-state index is 13.1. The lowest BCUT2D eigenvalue weighted by Gasteiger charge is -2.26. The molecule has 186 valence electrons. The molecule has 9 heteroatoms. The SMILES string of the molecule is Cc1ccc(S(=O)(=O)N2CCCCC2)cc1NC(=O)CN1CCCN(c2ccc(C#N)cc2)CC1. The first-order valence-corrected chi connectivity index (χ1v) is 13.7. The molecule has 2 aliphatic heterocycles. The molecule has 2 aromatic rings. The molecule has 4 rings (SSSR count). The van der Waals surface area contributed by atoms with Crippen LogP contribution in [-0.4, -0.2) is 69.3 Å². The van der Waals surface area contributed by atoms with Gasteiger partial charge in [-0.05, 0) is 68.1 Å². The summed E-state index contributed by atoms with van der Waals surface area (Å²) in [4.78, 5) is 17.5. The molecule has 0 radical (unpaired) electrons. The van der Waals surface area contributed by atoms with Crippen molar-refractivity contribution in [1.29, 1.82) is 5.26 Å². The van der Waals surface area contributed by atoms with Crippen molar-refractivity contribution in [2.45, 2.75) is 37.5 Å². The molecule has 0 aliphatic carbocycles.